The molecule has 204 valence electrons. The Labute approximate surface area is 227 Å². The Morgan fingerprint density at radius 2 is 1.72 bits per heavy atom. The van der Waals surface area contributed by atoms with E-state index in [0.29, 0.717) is 46.1 Å². The fourth-order valence-corrected chi connectivity index (χ4v) is 5.35. The van der Waals surface area contributed by atoms with E-state index in [1.54, 1.807) is 6.08 Å². The van der Waals surface area contributed by atoms with E-state index in [4.69, 9.17) is 28.4 Å². The van der Waals surface area contributed by atoms with Gasteiger partial charge in [-0.25, -0.2) is 4.79 Å². The SMILES string of the molecule is COc1cc2c(c(O)c1OC)-c1c(cc3c(c1OC)OCO3)[C@H](OC(=O)C=Cc1ccccc1)[C@H](C)[C@H](C)C2. The Hall–Kier alpha value is -4.33. The minimum atomic E-state index is -0.674. The van der Waals surface area contributed by atoms with Crippen molar-refractivity contribution in [1.29, 1.82) is 0 Å². The fraction of sp³-hybridized carbons (Fsp3) is 0.323. The normalized spacial score (nSPS) is 19.5. The van der Waals surface area contributed by atoms with Gasteiger partial charge >= 0.3 is 5.97 Å². The second kappa shape index (κ2) is 10.8. The number of hydrogen-bond acceptors (Lipinski definition) is 8. The highest BCUT2D eigenvalue weighted by Gasteiger charge is 2.39. The summed E-state index contributed by atoms with van der Waals surface area (Å²) < 4.78 is 34.6. The van der Waals surface area contributed by atoms with Crippen LogP contribution in [-0.2, 0) is 16.0 Å². The number of carbonyl (C=O) groups is 1. The predicted molar refractivity (Wildman–Crippen MR) is 146 cm³/mol. The standard InChI is InChI=1S/C31H32O8/c1-17-13-20-14-22(34-3)29(35-4)27(33)25(20)26-21(15-23-30(31(26)36-5)38-16-37-23)28(18(17)2)39-24(32)12-11-19-9-7-6-8-10-19/h6-12,14-15,17-18,28,33H,13,16H2,1-5H3/t17-,18-,28-/m1/s1. The number of hydrogen-bond donors (Lipinski definition) is 1. The molecule has 0 unspecified atom stereocenters. The van der Waals surface area contributed by atoms with Crippen LogP contribution in [0.1, 0.15) is 36.6 Å². The Kier molecular flexibility index (Phi) is 7.28. The van der Waals surface area contributed by atoms with Crippen molar-refractivity contribution in [3.8, 4) is 45.6 Å². The zero-order valence-electron chi connectivity index (χ0n) is 22.6. The summed E-state index contributed by atoms with van der Waals surface area (Å²) in [6, 6.07) is 13.2. The summed E-state index contributed by atoms with van der Waals surface area (Å²) in [6.45, 7) is 4.17. The number of methoxy groups -OCH3 is 3. The average Bonchev–Trinajstić information content (AvgIpc) is 3.42. The van der Waals surface area contributed by atoms with Crippen LogP contribution in [0.3, 0.4) is 0 Å². The van der Waals surface area contributed by atoms with Crippen molar-refractivity contribution in [3.63, 3.8) is 0 Å². The van der Waals surface area contributed by atoms with Crippen molar-refractivity contribution < 1.29 is 38.3 Å². The molecular weight excluding hydrogens is 500 g/mol. The zero-order valence-corrected chi connectivity index (χ0v) is 22.6. The molecule has 0 amide bonds. The minimum Gasteiger partial charge on any atom is -0.504 e. The van der Waals surface area contributed by atoms with Gasteiger partial charge in [-0.2, -0.15) is 0 Å². The highest BCUT2D eigenvalue weighted by Crippen LogP contribution is 2.58. The number of rotatable bonds is 6. The fourth-order valence-electron chi connectivity index (χ4n) is 5.35. The Balaban J connectivity index is 1.71. The maximum Gasteiger partial charge on any atom is 0.331 e. The van der Waals surface area contributed by atoms with Gasteiger partial charge in [0.2, 0.25) is 18.3 Å². The van der Waals surface area contributed by atoms with E-state index in [2.05, 4.69) is 13.8 Å². The van der Waals surface area contributed by atoms with E-state index in [-0.39, 0.29) is 30.1 Å². The van der Waals surface area contributed by atoms with Crippen LogP contribution in [0.5, 0.6) is 34.5 Å². The van der Waals surface area contributed by atoms with Crippen LogP contribution >= 0.6 is 0 Å². The van der Waals surface area contributed by atoms with Gasteiger partial charge in [0.1, 0.15) is 6.10 Å². The first-order valence-electron chi connectivity index (χ1n) is 12.8. The third-order valence-corrected chi connectivity index (χ3v) is 7.51. The molecule has 2 aliphatic rings. The lowest BCUT2D eigenvalue weighted by Crippen LogP contribution is -2.26. The lowest BCUT2D eigenvalue weighted by molar-refractivity contribution is -0.146. The summed E-state index contributed by atoms with van der Waals surface area (Å²) in [4.78, 5) is 13.1. The van der Waals surface area contributed by atoms with Crippen LogP contribution in [-0.4, -0.2) is 39.2 Å². The monoisotopic (exact) mass is 532 g/mol. The van der Waals surface area contributed by atoms with Gasteiger partial charge < -0.3 is 33.5 Å². The average molecular weight is 533 g/mol. The maximum absolute atomic E-state index is 13.1. The van der Waals surface area contributed by atoms with E-state index >= 15 is 0 Å². The molecule has 0 fully saturated rings. The number of carbonyl (C=O) groups excluding carboxylic acids is 1. The third kappa shape index (κ3) is 4.71. The smallest absolute Gasteiger partial charge is 0.331 e. The molecule has 0 bridgehead atoms. The van der Waals surface area contributed by atoms with Crippen LogP contribution < -0.4 is 23.7 Å². The highest BCUT2D eigenvalue weighted by molar-refractivity contribution is 5.90. The summed E-state index contributed by atoms with van der Waals surface area (Å²) >= 11 is 0. The number of fused-ring (bicyclic) bond motifs is 4. The minimum absolute atomic E-state index is 0.0234. The van der Waals surface area contributed by atoms with Crippen molar-refractivity contribution in [2.75, 3.05) is 28.1 Å². The number of phenolic OH excluding ortho intramolecular Hbond substituents is 1. The molecule has 0 saturated heterocycles. The van der Waals surface area contributed by atoms with Crippen molar-refractivity contribution in [3.05, 3.63) is 65.2 Å². The quantitative estimate of drug-likeness (QED) is 0.308. The van der Waals surface area contributed by atoms with Crippen molar-refractivity contribution in [2.45, 2.75) is 26.4 Å². The van der Waals surface area contributed by atoms with Gasteiger partial charge in [-0.05, 0) is 41.7 Å². The van der Waals surface area contributed by atoms with Gasteiger partial charge in [-0.3, -0.25) is 0 Å². The molecule has 0 aromatic heterocycles. The van der Waals surface area contributed by atoms with E-state index in [0.717, 1.165) is 11.1 Å². The molecule has 8 nitrogen and oxygen atoms in total. The van der Waals surface area contributed by atoms with Crippen LogP contribution in [0.25, 0.3) is 17.2 Å². The molecule has 3 atom stereocenters. The lowest BCUT2D eigenvalue weighted by atomic mass is 9.76. The van der Waals surface area contributed by atoms with Crippen LogP contribution in [0.2, 0.25) is 0 Å². The van der Waals surface area contributed by atoms with Crippen LogP contribution in [0.4, 0.5) is 0 Å². The van der Waals surface area contributed by atoms with E-state index < -0.39 is 12.1 Å². The Morgan fingerprint density at radius 1 is 0.974 bits per heavy atom. The van der Waals surface area contributed by atoms with E-state index in [1.807, 2.05) is 42.5 Å². The second-order valence-electron chi connectivity index (χ2n) is 9.74. The molecule has 0 spiro atoms. The Morgan fingerprint density at radius 3 is 2.41 bits per heavy atom. The number of esters is 1. The van der Waals surface area contributed by atoms with E-state index in [1.165, 1.54) is 27.4 Å². The molecule has 1 aliphatic heterocycles. The molecule has 3 aromatic rings. The molecular formula is C31H32O8. The lowest BCUT2D eigenvalue weighted by Gasteiger charge is -2.34. The molecule has 0 radical (unpaired) electrons. The van der Waals surface area contributed by atoms with Crippen molar-refractivity contribution >= 4 is 12.0 Å². The van der Waals surface area contributed by atoms with Gasteiger partial charge in [-0.15, -0.1) is 0 Å². The molecule has 0 saturated carbocycles. The molecule has 39 heavy (non-hydrogen) atoms. The summed E-state index contributed by atoms with van der Waals surface area (Å²) in [7, 11) is 4.53. The molecule has 1 aliphatic carbocycles. The first kappa shape index (κ1) is 26.3. The van der Waals surface area contributed by atoms with Gasteiger partial charge in [-0.1, -0.05) is 44.2 Å². The van der Waals surface area contributed by atoms with Crippen molar-refractivity contribution in [1.82, 2.24) is 0 Å². The highest BCUT2D eigenvalue weighted by atomic mass is 16.7. The third-order valence-electron chi connectivity index (χ3n) is 7.51. The molecule has 1 N–H and O–H groups in total. The number of benzene rings is 3. The van der Waals surface area contributed by atoms with Crippen LogP contribution in [0.15, 0.2) is 48.5 Å². The number of aromatic hydroxyl groups is 1. The van der Waals surface area contributed by atoms with Gasteiger partial charge in [0.15, 0.2) is 23.0 Å². The van der Waals surface area contributed by atoms with Crippen molar-refractivity contribution in [2.24, 2.45) is 11.8 Å². The van der Waals surface area contributed by atoms with Gasteiger partial charge in [0.05, 0.1) is 21.3 Å². The van der Waals surface area contributed by atoms with Gasteiger partial charge in [0, 0.05) is 28.7 Å². The first-order valence-corrected chi connectivity index (χ1v) is 12.8. The summed E-state index contributed by atoms with van der Waals surface area (Å²) in [5, 5.41) is 11.6. The molecule has 5 rings (SSSR count). The maximum atomic E-state index is 13.1. The van der Waals surface area contributed by atoms with Gasteiger partial charge in [0.25, 0.3) is 0 Å². The predicted octanol–water partition coefficient (Wildman–Crippen LogP) is 5.94. The first-order chi connectivity index (χ1) is 18.9. The second-order valence-corrected chi connectivity index (χ2v) is 9.74. The topological polar surface area (TPSA) is 92.7 Å². The van der Waals surface area contributed by atoms with E-state index in [9.17, 15) is 9.90 Å². The Bertz CT molecular complexity index is 1410. The molecule has 3 aromatic carbocycles. The summed E-state index contributed by atoms with van der Waals surface area (Å²) in [5.74, 6) is 1.27. The largest absolute Gasteiger partial charge is 0.504 e. The number of phenols is 1. The summed E-state index contributed by atoms with van der Waals surface area (Å²) in [5.41, 5.74) is 3.44. The number of ether oxygens (including phenoxy) is 6. The summed E-state index contributed by atoms with van der Waals surface area (Å²) in [6.07, 6.45) is 3.05. The zero-order chi connectivity index (χ0) is 27.7. The van der Waals surface area contributed by atoms with Crippen LogP contribution in [0, 0.1) is 11.8 Å². The molecule has 8 heteroatoms. The molecule has 1 heterocycles.